The molecule has 2 aromatic carbocycles. The molecule has 1 unspecified atom stereocenters. The molecular formula is C17H17ClO2S. The van der Waals surface area contributed by atoms with Crippen molar-refractivity contribution in [2.24, 2.45) is 0 Å². The van der Waals surface area contributed by atoms with E-state index in [0.717, 1.165) is 16.7 Å². The fourth-order valence-corrected chi connectivity index (χ4v) is 3.43. The molecule has 0 fully saturated rings. The Bertz CT molecular complexity index is 695. The summed E-state index contributed by atoms with van der Waals surface area (Å²) in [6, 6.07) is 12.8. The second kappa shape index (κ2) is 7.01. The van der Waals surface area contributed by atoms with Gasteiger partial charge in [-0.2, -0.15) is 0 Å². The molecule has 0 heterocycles. The molecule has 0 bridgehead atoms. The molecule has 110 valence electrons. The van der Waals surface area contributed by atoms with Crippen molar-refractivity contribution in [2.45, 2.75) is 19.6 Å². The highest BCUT2D eigenvalue weighted by Gasteiger charge is 2.13. The second-order valence-corrected chi connectivity index (χ2v) is 6.91. The first-order valence-electron chi connectivity index (χ1n) is 6.66. The molecule has 21 heavy (non-hydrogen) atoms. The number of hydrogen-bond donors (Lipinski definition) is 0. The standard InChI is InChI=1S/C17H17ClO2S/c1-12-7-8-14(9-13(12)2)17(19)11-21(20)10-15-5-3-4-6-16(15)18/h3-9H,10-11H2,1-2H3. The predicted molar refractivity (Wildman–Crippen MR) is 88.4 cm³/mol. The number of aryl methyl sites for hydroxylation is 2. The molecule has 0 saturated heterocycles. The summed E-state index contributed by atoms with van der Waals surface area (Å²) in [5, 5.41) is 0.587. The summed E-state index contributed by atoms with van der Waals surface area (Å²) in [5.74, 6) is 0.229. The number of carbonyl (C=O) groups excluding carboxylic acids is 1. The predicted octanol–water partition coefficient (Wildman–Crippen LogP) is 4.09. The summed E-state index contributed by atoms with van der Waals surface area (Å²) in [4.78, 5) is 12.2. The number of hydrogen-bond acceptors (Lipinski definition) is 2. The molecule has 0 aliphatic heterocycles. The van der Waals surface area contributed by atoms with Crippen LogP contribution in [0.5, 0.6) is 0 Å². The van der Waals surface area contributed by atoms with Crippen molar-refractivity contribution < 1.29 is 9.00 Å². The molecule has 2 nitrogen and oxygen atoms in total. The zero-order valence-electron chi connectivity index (χ0n) is 12.1. The number of carbonyl (C=O) groups is 1. The van der Waals surface area contributed by atoms with E-state index in [2.05, 4.69) is 0 Å². The lowest BCUT2D eigenvalue weighted by atomic mass is 10.0. The molecule has 0 amide bonds. The van der Waals surface area contributed by atoms with Crippen LogP contribution in [0.15, 0.2) is 42.5 Å². The normalized spacial score (nSPS) is 12.1. The van der Waals surface area contributed by atoms with Crippen molar-refractivity contribution in [2.75, 3.05) is 5.75 Å². The van der Waals surface area contributed by atoms with Crippen LogP contribution in [0, 0.1) is 13.8 Å². The highest BCUT2D eigenvalue weighted by Crippen LogP contribution is 2.17. The van der Waals surface area contributed by atoms with Gasteiger partial charge >= 0.3 is 0 Å². The third kappa shape index (κ3) is 4.26. The highest BCUT2D eigenvalue weighted by atomic mass is 35.5. The fraction of sp³-hybridized carbons (Fsp3) is 0.235. The van der Waals surface area contributed by atoms with E-state index in [0.29, 0.717) is 16.3 Å². The zero-order chi connectivity index (χ0) is 15.4. The molecule has 2 rings (SSSR count). The molecule has 1 atom stereocenters. The molecule has 0 saturated carbocycles. The molecule has 0 N–H and O–H groups in total. The largest absolute Gasteiger partial charge is 0.293 e. The van der Waals surface area contributed by atoms with Crippen LogP contribution in [-0.4, -0.2) is 15.7 Å². The monoisotopic (exact) mass is 320 g/mol. The van der Waals surface area contributed by atoms with Gasteiger partial charge in [-0.3, -0.25) is 9.00 Å². The van der Waals surface area contributed by atoms with Crippen LogP contribution in [-0.2, 0) is 16.6 Å². The summed E-state index contributed by atoms with van der Waals surface area (Å²) in [6.07, 6.45) is 0. The first-order chi connectivity index (χ1) is 9.97. The van der Waals surface area contributed by atoms with Crippen LogP contribution in [0.4, 0.5) is 0 Å². The number of halogens is 1. The minimum atomic E-state index is -1.26. The Kier molecular flexibility index (Phi) is 5.32. The molecule has 0 spiro atoms. The molecule has 0 aliphatic carbocycles. The van der Waals surface area contributed by atoms with Crippen molar-refractivity contribution in [1.29, 1.82) is 0 Å². The van der Waals surface area contributed by atoms with Gasteiger partial charge < -0.3 is 0 Å². The van der Waals surface area contributed by atoms with Crippen LogP contribution in [0.2, 0.25) is 5.02 Å². The lowest BCUT2D eigenvalue weighted by Gasteiger charge is -2.06. The molecular weight excluding hydrogens is 304 g/mol. The smallest absolute Gasteiger partial charge is 0.175 e. The van der Waals surface area contributed by atoms with Crippen LogP contribution >= 0.6 is 11.6 Å². The average molecular weight is 321 g/mol. The average Bonchev–Trinajstić information content (AvgIpc) is 2.44. The summed E-state index contributed by atoms with van der Waals surface area (Å²) >= 11 is 6.04. The van der Waals surface area contributed by atoms with E-state index in [1.165, 1.54) is 0 Å². The Labute approximate surface area is 132 Å². The minimum absolute atomic E-state index is 0.0216. The van der Waals surface area contributed by atoms with Gasteiger partial charge in [0.25, 0.3) is 0 Å². The Balaban J connectivity index is 2.04. The lowest BCUT2D eigenvalue weighted by Crippen LogP contribution is -2.12. The molecule has 4 heteroatoms. The van der Waals surface area contributed by atoms with Gasteiger partial charge in [-0.1, -0.05) is 41.9 Å². The number of benzene rings is 2. The Morgan fingerprint density at radius 1 is 1.10 bits per heavy atom. The summed E-state index contributed by atoms with van der Waals surface area (Å²) in [7, 11) is -1.26. The number of rotatable bonds is 5. The van der Waals surface area contributed by atoms with Crippen molar-refractivity contribution >= 4 is 28.2 Å². The third-order valence-corrected chi connectivity index (χ3v) is 4.98. The molecule has 2 aromatic rings. The maximum absolute atomic E-state index is 12.2. The van der Waals surface area contributed by atoms with Gasteiger partial charge in [-0.25, -0.2) is 0 Å². The van der Waals surface area contributed by atoms with E-state index in [4.69, 9.17) is 11.6 Å². The van der Waals surface area contributed by atoms with Crippen molar-refractivity contribution in [1.82, 2.24) is 0 Å². The zero-order valence-corrected chi connectivity index (χ0v) is 13.6. The van der Waals surface area contributed by atoms with E-state index in [-0.39, 0.29) is 11.5 Å². The second-order valence-electron chi connectivity index (χ2n) is 5.04. The summed E-state index contributed by atoms with van der Waals surface area (Å²) in [5.41, 5.74) is 3.64. The Hall–Kier alpha value is -1.45. The first kappa shape index (κ1) is 15.9. The van der Waals surface area contributed by atoms with Crippen LogP contribution in [0.1, 0.15) is 27.0 Å². The van der Waals surface area contributed by atoms with Gasteiger partial charge in [0.1, 0.15) is 0 Å². The van der Waals surface area contributed by atoms with E-state index in [9.17, 15) is 9.00 Å². The van der Waals surface area contributed by atoms with Crippen molar-refractivity contribution in [3.05, 3.63) is 69.7 Å². The summed E-state index contributed by atoms with van der Waals surface area (Å²) < 4.78 is 12.1. The topological polar surface area (TPSA) is 34.1 Å². The van der Waals surface area contributed by atoms with E-state index in [1.807, 2.05) is 44.2 Å². The summed E-state index contributed by atoms with van der Waals surface area (Å²) in [6.45, 7) is 3.96. The molecule has 0 radical (unpaired) electrons. The Morgan fingerprint density at radius 2 is 1.81 bits per heavy atom. The fourth-order valence-electron chi connectivity index (χ4n) is 1.98. The maximum Gasteiger partial charge on any atom is 0.175 e. The SMILES string of the molecule is Cc1ccc(C(=O)CS(=O)Cc2ccccc2Cl)cc1C. The van der Waals surface area contributed by atoms with Gasteiger partial charge in [0, 0.05) is 21.4 Å². The van der Waals surface area contributed by atoms with E-state index >= 15 is 0 Å². The van der Waals surface area contributed by atoms with Crippen molar-refractivity contribution in [3.63, 3.8) is 0 Å². The lowest BCUT2D eigenvalue weighted by molar-refractivity contribution is 0.102. The van der Waals surface area contributed by atoms with Gasteiger partial charge in [-0.15, -0.1) is 0 Å². The number of ketones is 1. The van der Waals surface area contributed by atoms with Gasteiger partial charge in [0.2, 0.25) is 0 Å². The van der Waals surface area contributed by atoms with Crippen molar-refractivity contribution in [3.8, 4) is 0 Å². The quantitative estimate of drug-likeness (QED) is 0.778. The first-order valence-corrected chi connectivity index (χ1v) is 8.53. The maximum atomic E-state index is 12.2. The van der Waals surface area contributed by atoms with Crippen LogP contribution in [0.3, 0.4) is 0 Å². The third-order valence-electron chi connectivity index (χ3n) is 3.40. The highest BCUT2D eigenvalue weighted by molar-refractivity contribution is 7.85. The molecule has 0 aliphatic rings. The minimum Gasteiger partial charge on any atom is -0.293 e. The Morgan fingerprint density at radius 3 is 2.48 bits per heavy atom. The van der Waals surface area contributed by atoms with E-state index < -0.39 is 10.8 Å². The van der Waals surface area contributed by atoms with Gasteiger partial charge in [-0.05, 0) is 42.7 Å². The van der Waals surface area contributed by atoms with Crippen LogP contribution in [0.25, 0.3) is 0 Å². The molecule has 0 aromatic heterocycles. The van der Waals surface area contributed by atoms with E-state index in [1.54, 1.807) is 12.1 Å². The van der Waals surface area contributed by atoms with Gasteiger partial charge in [0.05, 0.1) is 11.5 Å². The van der Waals surface area contributed by atoms with Gasteiger partial charge in [0.15, 0.2) is 5.78 Å². The number of Topliss-reactive ketones (excluding diaryl/α,β-unsaturated/α-hetero) is 1. The van der Waals surface area contributed by atoms with Crippen LogP contribution < -0.4 is 0 Å².